The normalized spacial score (nSPS) is 26.6. The molecule has 0 aromatic heterocycles. The third kappa shape index (κ3) is 11.0. The Balaban J connectivity index is 3.02. The molecule has 16 heteroatoms. The number of alkyl carbamates (subject to hydrolysis) is 1. The van der Waals surface area contributed by atoms with Gasteiger partial charge in [0.1, 0.15) is 31.5 Å². The van der Waals surface area contributed by atoms with Gasteiger partial charge in [0, 0.05) is 0 Å². The van der Waals surface area contributed by atoms with Crippen molar-refractivity contribution in [1.82, 2.24) is 5.32 Å². The van der Waals surface area contributed by atoms with E-state index in [4.69, 9.17) is 88.6 Å². The van der Waals surface area contributed by atoms with Crippen LogP contribution in [0.15, 0.2) is 12.7 Å². The van der Waals surface area contributed by atoms with Gasteiger partial charge in [-0.25, -0.2) is 9.59 Å². The number of alkyl halides is 6. The molecule has 0 unspecified atom stereocenters. The summed E-state index contributed by atoms with van der Waals surface area (Å²) < 4.78 is 21.5. The molecule has 5 atom stereocenters. The van der Waals surface area contributed by atoms with E-state index in [0.29, 0.717) is 0 Å². The predicted molar refractivity (Wildman–Crippen MR) is 113 cm³/mol. The summed E-state index contributed by atoms with van der Waals surface area (Å²) in [5, 5.41) is 22.2. The van der Waals surface area contributed by atoms with E-state index in [1.54, 1.807) is 0 Å². The van der Waals surface area contributed by atoms with Crippen LogP contribution in [0.2, 0.25) is 0 Å². The lowest BCUT2D eigenvalue weighted by Gasteiger charge is -2.43. The zero-order valence-corrected chi connectivity index (χ0v) is 20.1. The molecule has 0 aromatic rings. The minimum atomic E-state index is -1.92. The highest BCUT2D eigenvalue weighted by Crippen LogP contribution is 2.29. The van der Waals surface area contributed by atoms with Crippen LogP contribution in [-0.4, -0.2) is 87.1 Å². The first-order valence-corrected chi connectivity index (χ1v) is 10.6. The molecule has 0 aromatic carbocycles. The highest BCUT2D eigenvalue weighted by molar-refractivity contribution is 6.68. The molecule has 1 aliphatic heterocycles. The lowest BCUT2D eigenvalue weighted by atomic mass is 9.97. The van der Waals surface area contributed by atoms with Crippen molar-refractivity contribution in [1.29, 1.82) is 0 Å². The maximum absolute atomic E-state index is 12.1. The number of rotatable bonds is 8. The Labute approximate surface area is 207 Å². The topological polar surface area (TPSA) is 133 Å². The molecule has 0 saturated carbocycles. The molecule has 31 heavy (non-hydrogen) atoms. The first-order chi connectivity index (χ1) is 14.3. The lowest BCUT2D eigenvalue weighted by molar-refractivity contribution is -0.267. The number of nitrogens with one attached hydrogen (secondary N) is 1. The molecule has 1 heterocycles. The fraction of sp³-hybridized carbons (Fsp3) is 0.733. The molecular weight excluding hydrogens is 551 g/mol. The third-order valence-corrected chi connectivity index (χ3v) is 4.12. The van der Waals surface area contributed by atoms with Crippen molar-refractivity contribution in [2.24, 2.45) is 0 Å². The summed E-state index contributed by atoms with van der Waals surface area (Å²) in [5.41, 5.74) is 0. The van der Waals surface area contributed by atoms with Crippen molar-refractivity contribution in [3.63, 3.8) is 0 Å². The van der Waals surface area contributed by atoms with Gasteiger partial charge in [0.25, 0.3) is 0 Å². The van der Waals surface area contributed by atoms with Crippen molar-refractivity contribution in [2.75, 3.05) is 26.4 Å². The van der Waals surface area contributed by atoms with E-state index in [-0.39, 0.29) is 6.61 Å². The minimum Gasteiger partial charge on any atom is -0.445 e. The predicted octanol–water partition coefficient (Wildman–Crippen LogP) is 2.62. The van der Waals surface area contributed by atoms with Crippen molar-refractivity contribution >= 4 is 81.9 Å². The van der Waals surface area contributed by atoms with Crippen LogP contribution < -0.4 is 5.32 Å². The standard InChI is InChI=1S/C15H19Cl6NO9/c1-2-3-27-11-8(22-12(25)28-5-14(16,17)18)10(9(24)7(4-23)30-11)31-13(26)29-6-15(19,20)21/h2,7-11,23-24H,1,3-6H2,(H,22,25)/t7-,8-,9-,10-,11+/m1/s1. The maximum atomic E-state index is 12.1. The molecule has 0 spiro atoms. The highest BCUT2D eigenvalue weighted by Gasteiger charge is 2.49. The zero-order chi connectivity index (χ0) is 23.8. The molecule has 3 N–H and O–H groups in total. The Morgan fingerprint density at radius 3 is 2.19 bits per heavy atom. The number of carbonyl (C=O) groups is 2. The van der Waals surface area contributed by atoms with Gasteiger partial charge < -0.3 is 39.2 Å². The molecule has 0 radical (unpaired) electrons. The van der Waals surface area contributed by atoms with Gasteiger partial charge in [-0.15, -0.1) is 6.58 Å². The SMILES string of the molecule is C=CCO[C@H]1O[C@H](CO)[C@@H](O)[C@H](OC(=O)OCC(Cl)(Cl)Cl)[C@H]1NC(=O)OCC(Cl)(Cl)Cl. The summed E-state index contributed by atoms with van der Waals surface area (Å²) in [6, 6.07) is -1.36. The molecule has 10 nitrogen and oxygen atoms in total. The van der Waals surface area contributed by atoms with Gasteiger partial charge in [-0.2, -0.15) is 0 Å². The van der Waals surface area contributed by atoms with Crippen molar-refractivity contribution in [3.8, 4) is 0 Å². The summed E-state index contributed by atoms with van der Waals surface area (Å²) in [5.74, 6) is 0. The van der Waals surface area contributed by atoms with E-state index in [2.05, 4.69) is 16.6 Å². The van der Waals surface area contributed by atoms with Crippen molar-refractivity contribution < 1.29 is 43.5 Å². The molecule has 1 rings (SSSR count). The van der Waals surface area contributed by atoms with Crippen LogP contribution in [0.5, 0.6) is 0 Å². The minimum absolute atomic E-state index is 0.0648. The molecule has 1 fully saturated rings. The van der Waals surface area contributed by atoms with E-state index >= 15 is 0 Å². The summed E-state index contributed by atoms with van der Waals surface area (Å²) in [7, 11) is 0. The third-order valence-electron chi connectivity index (χ3n) is 3.47. The van der Waals surface area contributed by atoms with Crippen LogP contribution >= 0.6 is 69.6 Å². The monoisotopic (exact) mass is 567 g/mol. The van der Waals surface area contributed by atoms with Gasteiger partial charge >= 0.3 is 12.2 Å². The van der Waals surface area contributed by atoms with E-state index in [1.807, 2.05) is 0 Å². The van der Waals surface area contributed by atoms with Crippen LogP contribution in [0.1, 0.15) is 0 Å². The van der Waals surface area contributed by atoms with Crippen LogP contribution in [0.3, 0.4) is 0 Å². The number of halogens is 6. The second-order valence-corrected chi connectivity index (χ2v) is 11.0. The summed E-state index contributed by atoms with van der Waals surface area (Å²) >= 11 is 33.1. The number of carbonyl (C=O) groups excluding carboxylic acids is 2. The van der Waals surface area contributed by atoms with Crippen LogP contribution in [0, 0.1) is 0 Å². The summed E-state index contributed by atoms with van der Waals surface area (Å²) in [6.45, 7) is 1.45. The maximum Gasteiger partial charge on any atom is 0.508 e. The Kier molecular flexibility index (Phi) is 12.0. The Morgan fingerprint density at radius 2 is 1.68 bits per heavy atom. The average molecular weight is 570 g/mol. The molecule has 0 bridgehead atoms. The first kappa shape index (κ1) is 28.9. The highest BCUT2D eigenvalue weighted by atomic mass is 35.6. The second kappa shape index (κ2) is 12.9. The Morgan fingerprint density at radius 1 is 1.10 bits per heavy atom. The van der Waals surface area contributed by atoms with Gasteiger partial charge in [0.15, 0.2) is 12.4 Å². The number of hydrogen-bond donors (Lipinski definition) is 3. The smallest absolute Gasteiger partial charge is 0.445 e. The number of hydrogen-bond acceptors (Lipinski definition) is 9. The number of ether oxygens (including phenoxy) is 5. The van der Waals surface area contributed by atoms with E-state index in [1.165, 1.54) is 6.08 Å². The fourth-order valence-electron chi connectivity index (χ4n) is 2.28. The van der Waals surface area contributed by atoms with E-state index < -0.39 is 70.3 Å². The van der Waals surface area contributed by atoms with Crippen LogP contribution in [0.25, 0.3) is 0 Å². The van der Waals surface area contributed by atoms with Crippen molar-refractivity contribution in [3.05, 3.63) is 12.7 Å². The van der Waals surface area contributed by atoms with Crippen LogP contribution in [0.4, 0.5) is 9.59 Å². The molecule has 0 aliphatic carbocycles. The second-order valence-electron chi connectivity index (χ2n) is 5.94. The quantitative estimate of drug-likeness (QED) is 0.229. The van der Waals surface area contributed by atoms with E-state index in [0.717, 1.165) is 0 Å². The molecule has 1 aliphatic rings. The molecule has 180 valence electrons. The summed E-state index contributed by atoms with van der Waals surface area (Å²) in [4.78, 5) is 24.1. The first-order valence-electron chi connectivity index (χ1n) is 8.34. The van der Waals surface area contributed by atoms with Crippen molar-refractivity contribution in [2.45, 2.75) is 38.2 Å². The van der Waals surface area contributed by atoms with Crippen LogP contribution in [-0.2, 0) is 23.7 Å². The molecular formula is C15H19Cl6NO9. The molecule has 1 saturated heterocycles. The number of aliphatic hydroxyl groups excluding tert-OH is 2. The lowest BCUT2D eigenvalue weighted by Crippen LogP contribution is -2.66. The van der Waals surface area contributed by atoms with Gasteiger partial charge in [-0.3, -0.25) is 0 Å². The number of amides is 1. The Hall–Kier alpha value is -0.140. The van der Waals surface area contributed by atoms with Gasteiger partial charge in [-0.05, 0) is 0 Å². The number of aliphatic hydroxyl groups is 2. The van der Waals surface area contributed by atoms with E-state index in [9.17, 15) is 19.8 Å². The fourth-order valence-corrected chi connectivity index (χ4v) is 2.60. The zero-order valence-electron chi connectivity index (χ0n) is 15.5. The van der Waals surface area contributed by atoms with Gasteiger partial charge in [-0.1, -0.05) is 75.7 Å². The summed E-state index contributed by atoms with van der Waals surface area (Å²) in [6.07, 6.45) is -6.87. The average Bonchev–Trinajstić information content (AvgIpc) is 2.65. The Bertz CT molecular complexity index is 615. The molecule has 1 amide bonds. The largest absolute Gasteiger partial charge is 0.508 e. The van der Waals surface area contributed by atoms with Gasteiger partial charge in [0.2, 0.25) is 7.59 Å². The van der Waals surface area contributed by atoms with Gasteiger partial charge in [0.05, 0.1) is 13.2 Å².